The average molecular weight is 675 g/mol. The van der Waals surface area contributed by atoms with Gasteiger partial charge in [-0.3, -0.25) is 9.11 Å². The van der Waals surface area contributed by atoms with Crippen LogP contribution >= 0.6 is 23.2 Å². The van der Waals surface area contributed by atoms with Crippen molar-refractivity contribution >= 4 is 88.6 Å². The van der Waals surface area contributed by atoms with Crippen LogP contribution in [0.5, 0.6) is 5.75 Å². The Hall–Kier alpha value is -4.65. The van der Waals surface area contributed by atoms with E-state index in [1.54, 1.807) is 0 Å². The first-order chi connectivity index (χ1) is 20.8. The predicted molar refractivity (Wildman–Crippen MR) is 160 cm³/mol. The van der Waals surface area contributed by atoms with Gasteiger partial charge in [0.1, 0.15) is 10.6 Å². The first-order valence-corrected chi connectivity index (χ1v) is 15.5. The zero-order chi connectivity index (χ0) is 31.6. The van der Waals surface area contributed by atoms with Gasteiger partial charge in [-0.05, 0) is 101 Å². The molecule has 1 heterocycles. The van der Waals surface area contributed by atoms with Crippen LogP contribution in [0.25, 0.3) is 10.8 Å². The Kier molecular flexibility index (Phi) is 8.51. The largest absolute Gasteiger partial charge is 0.505 e. The van der Waals surface area contributed by atoms with Crippen LogP contribution in [0.15, 0.2) is 103 Å². The van der Waals surface area contributed by atoms with Gasteiger partial charge in [-0.1, -0.05) is 0 Å². The molecule has 0 unspecified atom stereocenters. The molecule has 0 saturated heterocycles. The van der Waals surface area contributed by atoms with E-state index in [2.05, 4.69) is 40.7 Å². The first-order valence-electron chi connectivity index (χ1n) is 11.9. The van der Waals surface area contributed by atoms with Crippen LogP contribution in [0.4, 0.5) is 34.4 Å². The molecule has 0 aliphatic carbocycles. The third kappa shape index (κ3) is 7.28. The fourth-order valence-electron chi connectivity index (χ4n) is 3.73. The summed E-state index contributed by atoms with van der Waals surface area (Å²) in [5.41, 5.74) is 0.845. The van der Waals surface area contributed by atoms with Crippen molar-refractivity contribution in [2.45, 2.75) is 9.79 Å². The smallest absolute Gasteiger partial charge is 0.296 e. The SMILES string of the molecule is O=S(=O)(O)c1ccc(N=Nc2ccc(N=Nc3c(S(=O)(=O)O)cc4cc(Nc5nc(Cl)nc(Cl)n5)ccc4c3O)cc2)cc1. The van der Waals surface area contributed by atoms with Crippen molar-refractivity contribution in [3.63, 3.8) is 0 Å². The Morgan fingerprint density at radius 2 is 1.18 bits per heavy atom. The van der Waals surface area contributed by atoms with E-state index in [9.17, 15) is 26.5 Å². The van der Waals surface area contributed by atoms with Gasteiger partial charge in [0.15, 0.2) is 5.75 Å². The number of nitrogens with one attached hydrogen (secondary N) is 1. The summed E-state index contributed by atoms with van der Waals surface area (Å²) in [6.07, 6.45) is 0. The van der Waals surface area contributed by atoms with Gasteiger partial charge < -0.3 is 10.4 Å². The number of rotatable bonds is 8. The third-order valence-electron chi connectivity index (χ3n) is 5.70. The molecule has 4 aromatic carbocycles. The molecular formula is C25H16Cl2N8O7S2. The molecule has 0 atom stereocenters. The zero-order valence-corrected chi connectivity index (χ0v) is 24.8. The predicted octanol–water partition coefficient (Wildman–Crippen LogP) is 7.11. The van der Waals surface area contributed by atoms with Gasteiger partial charge in [0.2, 0.25) is 16.5 Å². The molecular weight excluding hydrogens is 659 g/mol. The molecule has 0 saturated carbocycles. The number of hydrogen-bond donors (Lipinski definition) is 4. The minimum Gasteiger partial charge on any atom is -0.505 e. The quantitative estimate of drug-likeness (QED) is 0.0956. The Labute approximate surface area is 258 Å². The van der Waals surface area contributed by atoms with Crippen LogP contribution in [0.3, 0.4) is 0 Å². The molecule has 0 fully saturated rings. The number of halogens is 2. The number of anilines is 2. The van der Waals surface area contributed by atoms with E-state index in [1.165, 1.54) is 66.7 Å². The van der Waals surface area contributed by atoms with Crippen molar-refractivity contribution in [1.29, 1.82) is 0 Å². The lowest BCUT2D eigenvalue weighted by Crippen LogP contribution is -2.00. The number of aromatic hydroxyl groups is 1. The molecule has 0 bridgehead atoms. The van der Waals surface area contributed by atoms with Crippen LogP contribution in [0, 0.1) is 0 Å². The van der Waals surface area contributed by atoms with Gasteiger partial charge in [-0.2, -0.15) is 47.1 Å². The third-order valence-corrected chi connectivity index (χ3v) is 7.77. The second-order valence-electron chi connectivity index (χ2n) is 8.69. The molecule has 0 aliphatic rings. The maximum Gasteiger partial charge on any atom is 0.296 e. The summed E-state index contributed by atoms with van der Waals surface area (Å²) in [4.78, 5) is 10.4. The van der Waals surface area contributed by atoms with Crippen molar-refractivity contribution in [3.05, 3.63) is 83.4 Å². The van der Waals surface area contributed by atoms with Crippen LogP contribution < -0.4 is 5.32 Å². The molecule has 0 radical (unpaired) electrons. The summed E-state index contributed by atoms with van der Waals surface area (Å²) in [5, 5.41) is 29.7. The number of phenols is 1. The number of aromatic nitrogens is 3. The summed E-state index contributed by atoms with van der Waals surface area (Å²) in [5.74, 6) is -0.539. The lowest BCUT2D eigenvalue weighted by molar-refractivity contribution is 0.472. The van der Waals surface area contributed by atoms with Crippen LogP contribution in [-0.4, -0.2) is 46.0 Å². The lowest BCUT2D eigenvalue weighted by atomic mass is 10.1. The summed E-state index contributed by atoms with van der Waals surface area (Å²) >= 11 is 11.6. The number of phenolic OH excluding ortho intramolecular Hbond substituents is 1. The molecule has 0 amide bonds. The summed E-state index contributed by atoms with van der Waals surface area (Å²) in [6, 6.07) is 16.7. The van der Waals surface area contributed by atoms with Crippen molar-refractivity contribution in [3.8, 4) is 5.75 Å². The van der Waals surface area contributed by atoms with E-state index in [0.717, 1.165) is 6.07 Å². The van der Waals surface area contributed by atoms with E-state index in [1.807, 2.05) is 0 Å². The van der Waals surface area contributed by atoms with Crippen molar-refractivity contribution < 1.29 is 31.0 Å². The van der Waals surface area contributed by atoms with Gasteiger partial charge in [0, 0.05) is 11.1 Å². The van der Waals surface area contributed by atoms with E-state index in [0.29, 0.717) is 17.1 Å². The Balaban J connectivity index is 1.40. The maximum atomic E-state index is 12.2. The normalized spacial score (nSPS) is 12.4. The van der Waals surface area contributed by atoms with E-state index in [4.69, 9.17) is 27.8 Å². The van der Waals surface area contributed by atoms with Gasteiger partial charge >= 0.3 is 0 Å². The molecule has 15 nitrogen and oxygen atoms in total. The van der Waals surface area contributed by atoms with Crippen molar-refractivity contribution in [1.82, 2.24) is 15.0 Å². The molecule has 44 heavy (non-hydrogen) atoms. The molecule has 0 spiro atoms. The van der Waals surface area contributed by atoms with Crippen molar-refractivity contribution in [2.24, 2.45) is 20.5 Å². The fourth-order valence-corrected chi connectivity index (χ4v) is 5.23. The van der Waals surface area contributed by atoms with Gasteiger partial charge in [-0.25, -0.2) is 0 Å². The minimum absolute atomic E-state index is 0.0146. The summed E-state index contributed by atoms with van der Waals surface area (Å²) in [6.45, 7) is 0. The number of hydrogen-bond acceptors (Lipinski definition) is 13. The molecule has 1 aromatic heterocycles. The molecule has 5 rings (SSSR count). The topological polar surface area (TPSA) is 229 Å². The summed E-state index contributed by atoms with van der Waals surface area (Å²) in [7, 11) is -9.19. The van der Waals surface area contributed by atoms with Gasteiger partial charge in [0.25, 0.3) is 20.2 Å². The van der Waals surface area contributed by atoms with Crippen LogP contribution in [-0.2, 0) is 20.2 Å². The van der Waals surface area contributed by atoms with Crippen LogP contribution in [0.1, 0.15) is 0 Å². The monoisotopic (exact) mass is 674 g/mol. The van der Waals surface area contributed by atoms with E-state index >= 15 is 0 Å². The molecule has 5 aromatic rings. The number of nitrogens with zero attached hydrogens (tertiary/aromatic N) is 7. The first kappa shape index (κ1) is 30.8. The second kappa shape index (κ2) is 12.2. The highest BCUT2D eigenvalue weighted by Crippen LogP contribution is 2.42. The molecule has 224 valence electrons. The fraction of sp³-hybridized carbons (Fsp3) is 0. The maximum absolute atomic E-state index is 12.2. The highest BCUT2D eigenvalue weighted by atomic mass is 35.5. The Bertz CT molecular complexity index is 2160. The highest BCUT2D eigenvalue weighted by molar-refractivity contribution is 7.86. The lowest BCUT2D eigenvalue weighted by Gasteiger charge is -2.11. The molecule has 4 N–H and O–H groups in total. The van der Waals surface area contributed by atoms with Gasteiger partial charge in [-0.15, -0.1) is 5.11 Å². The Morgan fingerprint density at radius 1 is 0.659 bits per heavy atom. The highest BCUT2D eigenvalue weighted by Gasteiger charge is 2.22. The molecule has 0 aliphatic heterocycles. The second-order valence-corrected chi connectivity index (χ2v) is 12.2. The standard InChI is InChI=1S/C25H16Cl2N8O7S2/c26-23-29-24(27)31-25(30-23)28-17-7-10-19-13(11-17)12-20(44(40,41)42)21(22(19)36)35-34-15-3-1-14(2-4-15)32-33-16-5-8-18(9-6-16)43(37,38)39/h1-12,36H,(H,37,38,39)(H,40,41,42)(H,28,29,30,31). The van der Waals surface area contributed by atoms with E-state index < -0.39 is 36.6 Å². The number of azo groups is 2. The van der Waals surface area contributed by atoms with Crippen molar-refractivity contribution in [2.75, 3.05) is 5.32 Å². The van der Waals surface area contributed by atoms with Crippen LogP contribution in [0.2, 0.25) is 10.6 Å². The number of fused-ring (bicyclic) bond motifs is 1. The average Bonchev–Trinajstić information content (AvgIpc) is 2.95. The Morgan fingerprint density at radius 3 is 1.70 bits per heavy atom. The zero-order valence-electron chi connectivity index (χ0n) is 21.6. The number of benzene rings is 4. The molecule has 19 heteroatoms. The van der Waals surface area contributed by atoms with E-state index in [-0.39, 0.29) is 37.9 Å². The minimum atomic E-state index is -4.86. The summed E-state index contributed by atoms with van der Waals surface area (Å²) < 4.78 is 65.7. The van der Waals surface area contributed by atoms with Gasteiger partial charge in [0.05, 0.1) is 22.0 Å².